The first-order valence-corrected chi connectivity index (χ1v) is 10.1. The molecule has 1 aromatic rings. The van der Waals surface area contributed by atoms with E-state index in [1.54, 1.807) is 0 Å². The standard InChI is InChI=1S/C19H28FN3O2S/c1-13(2)26-12-19(25)22-17-10-15(7-8-16(17)20)21-18(24)11-23-9-5-4-6-14(23)3/h7-8,10,13-14H,4-6,9,11-12H2,1-3H3,(H,21,24)(H,22,25). The molecule has 2 N–H and O–H groups in total. The fourth-order valence-electron chi connectivity index (χ4n) is 2.90. The molecule has 2 rings (SSSR count). The van der Waals surface area contributed by atoms with Crippen molar-refractivity contribution >= 4 is 35.0 Å². The molecule has 0 bridgehead atoms. The first kappa shape index (κ1) is 20.7. The van der Waals surface area contributed by atoms with Gasteiger partial charge in [-0.15, -0.1) is 11.8 Å². The molecule has 1 fully saturated rings. The van der Waals surface area contributed by atoms with Crippen LogP contribution in [0.3, 0.4) is 0 Å². The summed E-state index contributed by atoms with van der Waals surface area (Å²) >= 11 is 1.49. The van der Waals surface area contributed by atoms with Gasteiger partial charge >= 0.3 is 0 Å². The van der Waals surface area contributed by atoms with E-state index in [0.717, 1.165) is 19.4 Å². The third-order valence-corrected chi connectivity index (χ3v) is 5.45. The predicted molar refractivity (Wildman–Crippen MR) is 106 cm³/mol. The molecule has 0 saturated carbocycles. The van der Waals surface area contributed by atoms with Crippen LogP contribution in [-0.4, -0.2) is 46.8 Å². The topological polar surface area (TPSA) is 61.4 Å². The maximum absolute atomic E-state index is 13.9. The summed E-state index contributed by atoms with van der Waals surface area (Å²) in [6.07, 6.45) is 3.42. The van der Waals surface area contributed by atoms with Crippen LogP contribution in [0.25, 0.3) is 0 Å². The van der Waals surface area contributed by atoms with E-state index in [4.69, 9.17) is 0 Å². The highest BCUT2D eigenvalue weighted by atomic mass is 32.2. The monoisotopic (exact) mass is 381 g/mol. The maximum Gasteiger partial charge on any atom is 0.238 e. The van der Waals surface area contributed by atoms with E-state index in [1.165, 1.54) is 36.4 Å². The largest absolute Gasteiger partial charge is 0.325 e. The molecule has 1 unspecified atom stereocenters. The zero-order chi connectivity index (χ0) is 19.1. The van der Waals surface area contributed by atoms with Crippen molar-refractivity contribution in [1.29, 1.82) is 0 Å². The number of amides is 2. The van der Waals surface area contributed by atoms with E-state index in [1.807, 2.05) is 13.8 Å². The summed E-state index contributed by atoms with van der Waals surface area (Å²) in [7, 11) is 0. The normalized spacial score (nSPS) is 18.0. The van der Waals surface area contributed by atoms with Gasteiger partial charge in [-0.05, 0) is 49.8 Å². The number of hydrogen-bond acceptors (Lipinski definition) is 4. The number of benzene rings is 1. The molecule has 1 saturated heterocycles. The lowest BCUT2D eigenvalue weighted by Gasteiger charge is -2.32. The lowest BCUT2D eigenvalue weighted by molar-refractivity contribution is -0.118. The molecule has 1 atom stereocenters. The summed E-state index contributed by atoms with van der Waals surface area (Å²) < 4.78 is 13.9. The number of hydrogen-bond donors (Lipinski definition) is 2. The van der Waals surface area contributed by atoms with Gasteiger partial charge in [-0.25, -0.2) is 4.39 Å². The Hall–Kier alpha value is -1.60. The second kappa shape index (κ2) is 9.92. The molecule has 1 aromatic carbocycles. The molecule has 144 valence electrons. The number of nitrogens with one attached hydrogen (secondary N) is 2. The Morgan fingerprint density at radius 2 is 2.04 bits per heavy atom. The van der Waals surface area contributed by atoms with Crippen molar-refractivity contribution in [3.05, 3.63) is 24.0 Å². The third kappa shape index (κ3) is 6.61. The Bertz CT molecular complexity index is 639. The summed E-state index contributed by atoms with van der Waals surface area (Å²) in [5.74, 6) is -0.637. The smallest absolute Gasteiger partial charge is 0.238 e. The minimum Gasteiger partial charge on any atom is -0.325 e. The highest BCUT2D eigenvalue weighted by Crippen LogP contribution is 2.21. The molecule has 0 aliphatic carbocycles. The Balaban J connectivity index is 1.93. The number of anilines is 2. The van der Waals surface area contributed by atoms with Gasteiger partial charge in [0.25, 0.3) is 0 Å². The summed E-state index contributed by atoms with van der Waals surface area (Å²) in [6.45, 7) is 7.38. The van der Waals surface area contributed by atoms with E-state index in [2.05, 4.69) is 22.5 Å². The zero-order valence-corrected chi connectivity index (χ0v) is 16.5. The third-order valence-electron chi connectivity index (χ3n) is 4.36. The molecule has 0 radical (unpaired) electrons. The van der Waals surface area contributed by atoms with Gasteiger partial charge < -0.3 is 10.6 Å². The number of rotatable bonds is 7. The van der Waals surface area contributed by atoms with Crippen LogP contribution in [0, 0.1) is 5.82 Å². The SMILES string of the molecule is CC(C)SCC(=O)Nc1cc(NC(=O)CN2CCCCC2C)ccc1F. The van der Waals surface area contributed by atoms with Gasteiger partial charge in [0, 0.05) is 11.7 Å². The average molecular weight is 382 g/mol. The maximum atomic E-state index is 13.9. The van der Waals surface area contributed by atoms with Gasteiger partial charge in [0.2, 0.25) is 11.8 Å². The number of thioether (sulfide) groups is 1. The van der Waals surface area contributed by atoms with E-state index in [-0.39, 0.29) is 23.3 Å². The minimum atomic E-state index is -0.518. The summed E-state index contributed by atoms with van der Waals surface area (Å²) in [4.78, 5) is 26.4. The van der Waals surface area contributed by atoms with Crippen molar-refractivity contribution in [2.24, 2.45) is 0 Å². The quantitative estimate of drug-likeness (QED) is 0.756. The van der Waals surface area contributed by atoms with E-state index in [9.17, 15) is 14.0 Å². The average Bonchev–Trinajstić information content (AvgIpc) is 2.58. The predicted octanol–water partition coefficient (Wildman–Crippen LogP) is 3.72. The van der Waals surface area contributed by atoms with Gasteiger partial charge in [0.15, 0.2) is 0 Å². The summed E-state index contributed by atoms with van der Waals surface area (Å²) in [5, 5.41) is 5.70. The van der Waals surface area contributed by atoms with Gasteiger partial charge in [-0.1, -0.05) is 20.3 Å². The molecule has 0 aromatic heterocycles. The number of piperidine rings is 1. The lowest BCUT2D eigenvalue weighted by atomic mass is 10.0. The molecule has 1 aliphatic heterocycles. The van der Waals surface area contributed by atoms with Crippen LogP contribution >= 0.6 is 11.8 Å². The first-order chi connectivity index (χ1) is 12.3. The molecule has 0 spiro atoms. The molecule has 26 heavy (non-hydrogen) atoms. The Morgan fingerprint density at radius 1 is 1.27 bits per heavy atom. The summed E-state index contributed by atoms with van der Waals surface area (Å²) in [6, 6.07) is 4.62. The number of halogens is 1. The highest BCUT2D eigenvalue weighted by Gasteiger charge is 2.20. The van der Waals surface area contributed by atoms with Crippen molar-refractivity contribution in [3.8, 4) is 0 Å². The van der Waals surface area contributed by atoms with Crippen LogP contribution in [0.2, 0.25) is 0 Å². The molecular weight excluding hydrogens is 353 g/mol. The van der Waals surface area contributed by atoms with Gasteiger partial charge in [0.1, 0.15) is 5.82 Å². The van der Waals surface area contributed by atoms with Crippen molar-refractivity contribution in [1.82, 2.24) is 4.90 Å². The number of carbonyl (C=O) groups excluding carboxylic acids is 2. The molecular formula is C19H28FN3O2S. The van der Waals surface area contributed by atoms with E-state index in [0.29, 0.717) is 23.5 Å². The first-order valence-electron chi connectivity index (χ1n) is 9.10. The van der Waals surface area contributed by atoms with Crippen LogP contribution in [0.1, 0.15) is 40.0 Å². The Morgan fingerprint density at radius 3 is 2.73 bits per heavy atom. The minimum absolute atomic E-state index is 0.0866. The van der Waals surface area contributed by atoms with Crippen molar-refractivity contribution in [2.75, 3.05) is 29.5 Å². The fourth-order valence-corrected chi connectivity index (χ4v) is 3.46. The number of likely N-dealkylation sites (tertiary alicyclic amines) is 1. The highest BCUT2D eigenvalue weighted by molar-refractivity contribution is 8.00. The number of nitrogens with zero attached hydrogens (tertiary/aromatic N) is 1. The molecule has 2 amide bonds. The zero-order valence-electron chi connectivity index (χ0n) is 15.7. The Labute approximate surface area is 159 Å². The Kier molecular flexibility index (Phi) is 7.90. The van der Waals surface area contributed by atoms with Crippen LogP contribution < -0.4 is 10.6 Å². The van der Waals surface area contributed by atoms with Crippen molar-refractivity contribution < 1.29 is 14.0 Å². The van der Waals surface area contributed by atoms with Crippen molar-refractivity contribution in [3.63, 3.8) is 0 Å². The molecule has 7 heteroatoms. The van der Waals surface area contributed by atoms with Gasteiger partial charge in [0.05, 0.1) is 18.0 Å². The molecule has 5 nitrogen and oxygen atoms in total. The van der Waals surface area contributed by atoms with Crippen LogP contribution in [-0.2, 0) is 9.59 Å². The molecule has 1 aliphatic rings. The van der Waals surface area contributed by atoms with Crippen LogP contribution in [0.15, 0.2) is 18.2 Å². The second-order valence-electron chi connectivity index (χ2n) is 6.97. The number of carbonyl (C=O) groups is 2. The molecule has 1 heterocycles. The van der Waals surface area contributed by atoms with Crippen LogP contribution in [0.5, 0.6) is 0 Å². The lowest BCUT2D eigenvalue weighted by Crippen LogP contribution is -2.42. The van der Waals surface area contributed by atoms with Crippen LogP contribution in [0.4, 0.5) is 15.8 Å². The van der Waals surface area contributed by atoms with Gasteiger partial charge in [-0.3, -0.25) is 14.5 Å². The van der Waals surface area contributed by atoms with E-state index >= 15 is 0 Å². The van der Waals surface area contributed by atoms with Gasteiger partial charge in [-0.2, -0.15) is 0 Å². The second-order valence-corrected chi connectivity index (χ2v) is 8.53. The van der Waals surface area contributed by atoms with E-state index < -0.39 is 5.82 Å². The summed E-state index contributed by atoms with van der Waals surface area (Å²) in [5.41, 5.74) is 0.566. The fraction of sp³-hybridized carbons (Fsp3) is 0.579. The van der Waals surface area contributed by atoms with Crippen molar-refractivity contribution in [2.45, 2.75) is 51.3 Å².